The van der Waals surface area contributed by atoms with E-state index in [0.717, 1.165) is 11.1 Å². The highest BCUT2D eigenvalue weighted by Gasteiger charge is 2.30. The summed E-state index contributed by atoms with van der Waals surface area (Å²) in [6.07, 6.45) is 1.59. The molecule has 7 heteroatoms. The Balaban J connectivity index is 0.000000168. The van der Waals surface area contributed by atoms with Gasteiger partial charge in [0.2, 0.25) is 5.88 Å². The minimum Gasteiger partial charge on any atom is -0.481 e. The predicted octanol–water partition coefficient (Wildman–Crippen LogP) is 2.06. The van der Waals surface area contributed by atoms with Gasteiger partial charge in [-0.15, -0.1) is 0 Å². The molecule has 2 aromatic rings. The molecule has 1 atom stereocenters. The number of halogens is 1. The smallest absolute Gasteiger partial charge is 0.314 e. The van der Waals surface area contributed by atoms with Crippen molar-refractivity contribution in [2.75, 3.05) is 6.61 Å². The minimum absolute atomic E-state index is 0.0642. The quantitative estimate of drug-likeness (QED) is 0.740. The van der Waals surface area contributed by atoms with Crippen molar-refractivity contribution in [2.45, 2.75) is 19.1 Å². The number of carbonyl (C=O) groups is 1. The number of aromatic nitrogens is 1. The van der Waals surface area contributed by atoms with Gasteiger partial charge in [0.25, 0.3) is 0 Å². The highest BCUT2D eigenvalue weighted by atomic mass is 35.5. The molecule has 1 aromatic carbocycles. The zero-order valence-electron chi connectivity index (χ0n) is 12.3. The summed E-state index contributed by atoms with van der Waals surface area (Å²) < 4.78 is 5.08. The molecule has 6 nitrogen and oxygen atoms in total. The molecular weight excluding hydrogens is 320 g/mol. The van der Waals surface area contributed by atoms with E-state index in [-0.39, 0.29) is 13.2 Å². The number of carboxylic acid groups (broad SMARTS) is 1. The first-order chi connectivity index (χ1) is 11.2. The lowest BCUT2D eigenvalue weighted by Gasteiger charge is -2.03. The van der Waals surface area contributed by atoms with Gasteiger partial charge in [0.05, 0.1) is 6.61 Å². The lowest BCUT2D eigenvalue weighted by atomic mass is 10.0. The fourth-order valence-electron chi connectivity index (χ4n) is 2.20. The molecular formula is C16H17ClN2O4. The third kappa shape index (κ3) is 4.41. The van der Waals surface area contributed by atoms with Crippen LogP contribution in [0.4, 0.5) is 0 Å². The summed E-state index contributed by atoms with van der Waals surface area (Å²) in [4.78, 5) is 17.1. The molecule has 122 valence electrons. The first-order valence-corrected chi connectivity index (χ1v) is 7.36. The Labute approximate surface area is 138 Å². The Hall–Kier alpha value is -2.15. The third-order valence-corrected chi connectivity index (χ3v) is 3.54. The summed E-state index contributed by atoms with van der Waals surface area (Å²) in [5.41, 5.74) is 2.62. The number of aliphatic hydroxyl groups excluding tert-OH is 1. The summed E-state index contributed by atoms with van der Waals surface area (Å²) >= 11 is 5.33. The van der Waals surface area contributed by atoms with Crippen LogP contribution in [-0.4, -0.2) is 27.8 Å². The van der Waals surface area contributed by atoms with Gasteiger partial charge in [-0.25, -0.2) is 9.82 Å². The molecule has 0 amide bonds. The first-order valence-electron chi connectivity index (χ1n) is 6.99. The molecule has 0 bridgehead atoms. The molecule has 23 heavy (non-hydrogen) atoms. The van der Waals surface area contributed by atoms with E-state index in [1.165, 1.54) is 0 Å². The van der Waals surface area contributed by atoms with Crippen LogP contribution in [0.2, 0.25) is 0 Å². The van der Waals surface area contributed by atoms with Crippen LogP contribution in [0.15, 0.2) is 42.6 Å². The van der Waals surface area contributed by atoms with Crippen molar-refractivity contribution in [2.24, 2.45) is 0 Å². The number of fused-ring (bicyclic) bond motifs is 1. The third-order valence-electron chi connectivity index (χ3n) is 3.41. The largest absolute Gasteiger partial charge is 0.481 e. The van der Waals surface area contributed by atoms with Crippen molar-refractivity contribution in [3.63, 3.8) is 0 Å². The van der Waals surface area contributed by atoms with Gasteiger partial charge in [-0.05, 0) is 29.0 Å². The molecule has 0 saturated carbocycles. The second-order valence-corrected chi connectivity index (χ2v) is 5.10. The van der Waals surface area contributed by atoms with Crippen LogP contribution in [0.3, 0.4) is 0 Å². The maximum Gasteiger partial charge on any atom is 0.314 e. The van der Waals surface area contributed by atoms with E-state index < -0.39 is 11.9 Å². The van der Waals surface area contributed by atoms with E-state index in [9.17, 15) is 4.79 Å². The van der Waals surface area contributed by atoms with Crippen molar-refractivity contribution in [3.05, 3.63) is 59.3 Å². The van der Waals surface area contributed by atoms with Gasteiger partial charge in [-0.1, -0.05) is 30.3 Å². The number of nitrogens with one attached hydrogen (secondary N) is 1. The first kappa shape index (κ1) is 17.2. The van der Waals surface area contributed by atoms with E-state index in [1.54, 1.807) is 18.3 Å². The van der Waals surface area contributed by atoms with Crippen LogP contribution in [0.25, 0.3) is 0 Å². The fourth-order valence-corrected chi connectivity index (χ4v) is 2.35. The van der Waals surface area contributed by atoms with E-state index in [2.05, 4.69) is 9.82 Å². The van der Waals surface area contributed by atoms with Crippen molar-refractivity contribution < 1.29 is 19.7 Å². The molecule has 0 spiro atoms. The molecule has 1 aromatic heterocycles. The molecule has 1 aliphatic heterocycles. The number of carboxylic acids is 1. The topological polar surface area (TPSA) is 91.7 Å². The highest BCUT2D eigenvalue weighted by Crippen LogP contribution is 2.31. The second kappa shape index (κ2) is 8.47. The molecule has 1 aliphatic rings. The number of aliphatic carboxylic acids is 1. The van der Waals surface area contributed by atoms with Crippen LogP contribution in [0, 0.1) is 0 Å². The Morgan fingerprint density at radius 1 is 1.30 bits per heavy atom. The van der Waals surface area contributed by atoms with Crippen LogP contribution >= 0.6 is 11.8 Å². The van der Waals surface area contributed by atoms with Crippen molar-refractivity contribution in [3.8, 4) is 5.88 Å². The number of aliphatic hydroxyl groups is 1. The molecule has 3 rings (SSSR count). The fraction of sp³-hybridized carbons (Fsp3) is 0.250. The molecule has 0 fully saturated rings. The zero-order chi connectivity index (χ0) is 16.7. The van der Waals surface area contributed by atoms with Crippen molar-refractivity contribution >= 4 is 17.7 Å². The van der Waals surface area contributed by atoms with Crippen molar-refractivity contribution in [1.82, 2.24) is 9.82 Å². The molecule has 0 radical (unpaired) electrons. The Morgan fingerprint density at radius 2 is 2.04 bits per heavy atom. The van der Waals surface area contributed by atoms with Crippen molar-refractivity contribution in [1.29, 1.82) is 0 Å². The lowest BCUT2D eigenvalue weighted by Crippen LogP contribution is -2.12. The van der Waals surface area contributed by atoms with E-state index in [4.69, 9.17) is 26.7 Å². The number of benzene rings is 1. The van der Waals surface area contributed by atoms with Gasteiger partial charge in [-0.3, -0.25) is 4.79 Å². The van der Waals surface area contributed by atoms with Crippen LogP contribution < -0.4 is 9.57 Å². The number of nitrogens with zero attached hydrogens (tertiary/aromatic N) is 1. The minimum atomic E-state index is -0.859. The Kier molecular flexibility index (Phi) is 6.34. The average Bonchev–Trinajstić information content (AvgIpc) is 3.00. The van der Waals surface area contributed by atoms with E-state index >= 15 is 0 Å². The summed E-state index contributed by atoms with van der Waals surface area (Å²) in [5, 5.41) is 17.6. The zero-order valence-corrected chi connectivity index (χ0v) is 13.0. The Bertz CT molecular complexity index is 666. The molecule has 0 aliphatic carbocycles. The summed E-state index contributed by atoms with van der Waals surface area (Å²) in [7, 11) is 0. The standard InChI is InChI=1S/C8H10ClNO.C8H7NO3/c9-10-5-7-3-1-2-4-8(7)6-11;10-8(11)6-4-12-7-5(6)2-1-3-9-7/h1-4,10-11H,5-6H2;1-3,6H,4H2,(H,10,11). The monoisotopic (exact) mass is 336 g/mol. The second-order valence-electron chi connectivity index (χ2n) is 4.84. The predicted molar refractivity (Wildman–Crippen MR) is 85.2 cm³/mol. The maximum atomic E-state index is 10.7. The number of hydrogen-bond acceptors (Lipinski definition) is 5. The van der Waals surface area contributed by atoms with Crippen LogP contribution in [0.5, 0.6) is 5.88 Å². The maximum absolute atomic E-state index is 10.7. The van der Waals surface area contributed by atoms with Crippen LogP contribution in [0.1, 0.15) is 22.6 Å². The number of pyridine rings is 1. The van der Waals surface area contributed by atoms with Crippen LogP contribution in [-0.2, 0) is 17.9 Å². The summed E-state index contributed by atoms with van der Waals surface area (Å²) in [6, 6.07) is 11.1. The molecule has 0 saturated heterocycles. The highest BCUT2D eigenvalue weighted by molar-refractivity contribution is 6.13. The average molecular weight is 337 g/mol. The molecule has 1 unspecified atom stereocenters. The number of ether oxygens (including phenoxy) is 1. The molecule has 3 N–H and O–H groups in total. The van der Waals surface area contributed by atoms with Gasteiger partial charge >= 0.3 is 5.97 Å². The normalized spacial score (nSPS) is 15.1. The van der Waals surface area contributed by atoms with E-state index in [0.29, 0.717) is 18.0 Å². The van der Waals surface area contributed by atoms with Gasteiger partial charge in [0.1, 0.15) is 12.5 Å². The summed E-state index contributed by atoms with van der Waals surface area (Å²) in [6.45, 7) is 0.842. The van der Waals surface area contributed by atoms with Gasteiger partial charge in [-0.2, -0.15) is 0 Å². The van der Waals surface area contributed by atoms with E-state index in [1.807, 2.05) is 24.3 Å². The van der Waals surface area contributed by atoms with Gasteiger partial charge in [0, 0.05) is 18.3 Å². The SMILES string of the molecule is O=C(O)C1COc2ncccc21.OCc1ccccc1CNCl. The number of rotatable bonds is 4. The van der Waals surface area contributed by atoms with Gasteiger partial charge < -0.3 is 14.9 Å². The lowest BCUT2D eigenvalue weighted by molar-refractivity contribution is -0.138. The number of hydrogen-bond donors (Lipinski definition) is 3. The Morgan fingerprint density at radius 3 is 2.70 bits per heavy atom. The van der Waals surface area contributed by atoms with Gasteiger partial charge in [0.15, 0.2) is 0 Å². The molecule has 2 heterocycles. The summed E-state index contributed by atoms with van der Waals surface area (Å²) in [5.74, 6) is -0.958.